The SMILES string of the molecule is Cc1sc(NC(=O)c2csnn2)c(C(=O)O)c1C. The average molecular weight is 283 g/mol. The number of carbonyl (C=O) groups is 2. The number of aromatic carboxylic acids is 1. The maximum atomic E-state index is 11.8. The first-order valence-electron chi connectivity index (χ1n) is 4.92. The molecular weight excluding hydrogens is 274 g/mol. The zero-order chi connectivity index (χ0) is 13.3. The molecule has 1 amide bonds. The van der Waals surface area contributed by atoms with E-state index in [9.17, 15) is 9.59 Å². The Morgan fingerprint density at radius 2 is 2.11 bits per heavy atom. The van der Waals surface area contributed by atoms with Crippen LogP contribution in [-0.4, -0.2) is 26.6 Å². The predicted octanol–water partition coefficient (Wildman–Crippen LogP) is 2.17. The van der Waals surface area contributed by atoms with Gasteiger partial charge < -0.3 is 10.4 Å². The minimum Gasteiger partial charge on any atom is -0.478 e. The van der Waals surface area contributed by atoms with Crippen LogP contribution in [0.5, 0.6) is 0 Å². The highest BCUT2D eigenvalue weighted by molar-refractivity contribution is 7.16. The number of nitrogens with one attached hydrogen (secondary N) is 1. The van der Waals surface area contributed by atoms with E-state index in [2.05, 4.69) is 14.9 Å². The van der Waals surface area contributed by atoms with Crippen LogP contribution < -0.4 is 5.32 Å². The van der Waals surface area contributed by atoms with E-state index in [-0.39, 0.29) is 11.3 Å². The standard InChI is InChI=1S/C10H9N3O3S2/c1-4-5(2)18-9(7(4)10(15)16)11-8(14)6-3-17-13-12-6/h3H,1-2H3,(H,11,14)(H,15,16). The first-order valence-corrected chi connectivity index (χ1v) is 6.57. The third kappa shape index (κ3) is 2.24. The van der Waals surface area contributed by atoms with Gasteiger partial charge in [-0.15, -0.1) is 16.4 Å². The lowest BCUT2D eigenvalue weighted by molar-refractivity contribution is 0.0697. The molecule has 2 N–H and O–H groups in total. The van der Waals surface area contributed by atoms with Gasteiger partial charge in [0.2, 0.25) is 0 Å². The van der Waals surface area contributed by atoms with Crippen LogP contribution >= 0.6 is 22.9 Å². The summed E-state index contributed by atoms with van der Waals surface area (Å²) >= 11 is 2.30. The normalized spacial score (nSPS) is 10.3. The monoisotopic (exact) mass is 283 g/mol. The fourth-order valence-electron chi connectivity index (χ4n) is 1.40. The number of thiophene rings is 1. The van der Waals surface area contributed by atoms with Gasteiger partial charge in [-0.1, -0.05) is 4.49 Å². The molecule has 0 fully saturated rings. The van der Waals surface area contributed by atoms with Crippen LogP contribution in [0.25, 0.3) is 0 Å². The van der Waals surface area contributed by atoms with Crippen LogP contribution in [0.2, 0.25) is 0 Å². The van der Waals surface area contributed by atoms with Crippen molar-refractivity contribution in [1.82, 2.24) is 9.59 Å². The van der Waals surface area contributed by atoms with Crippen LogP contribution in [0.15, 0.2) is 5.38 Å². The molecule has 18 heavy (non-hydrogen) atoms. The molecule has 0 aliphatic rings. The lowest BCUT2D eigenvalue weighted by Gasteiger charge is -2.01. The van der Waals surface area contributed by atoms with E-state index in [0.717, 1.165) is 16.4 Å². The van der Waals surface area contributed by atoms with Crippen molar-refractivity contribution >= 4 is 39.7 Å². The maximum Gasteiger partial charge on any atom is 0.338 e. The maximum absolute atomic E-state index is 11.8. The number of aromatic nitrogens is 2. The number of rotatable bonds is 3. The van der Waals surface area contributed by atoms with Crippen LogP contribution in [0.1, 0.15) is 31.3 Å². The number of aryl methyl sites for hydroxylation is 1. The summed E-state index contributed by atoms with van der Waals surface area (Å²) in [6.45, 7) is 3.53. The molecule has 6 nitrogen and oxygen atoms in total. The second kappa shape index (κ2) is 4.83. The Morgan fingerprint density at radius 3 is 2.67 bits per heavy atom. The number of anilines is 1. The summed E-state index contributed by atoms with van der Waals surface area (Å²) in [6.07, 6.45) is 0. The van der Waals surface area contributed by atoms with Crippen molar-refractivity contribution in [2.75, 3.05) is 5.32 Å². The zero-order valence-electron chi connectivity index (χ0n) is 9.55. The van der Waals surface area contributed by atoms with Crippen molar-refractivity contribution in [2.24, 2.45) is 0 Å². The Hall–Kier alpha value is -1.80. The van der Waals surface area contributed by atoms with Crippen LogP contribution in [0.3, 0.4) is 0 Å². The van der Waals surface area contributed by atoms with Gasteiger partial charge in [-0.05, 0) is 30.9 Å². The van der Waals surface area contributed by atoms with Crippen molar-refractivity contribution in [3.8, 4) is 0 Å². The molecule has 0 saturated heterocycles. The van der Waals surface area contributed by atoms with E-state index in [1.807, 2.05) is 6.92 Å². The van der Waals surface area contributed by atoms with Gasteiger partial charge in [0, 0.05) is 10.3 Å². The van der Waals surface area contributed by atoms with E-state index in [0.29, 0.717) is 10.6 Å². The summed E-state index contributed by atoms with van der Waals surface area (Å²) in [4.78, 5) is 23.8. The fourth-order valence-corrected chi connectivity index (χ4v) is 2.89. The molecule has 94 valence electrons. The summed E-state index contributed by atoms with van der Waals surface area (Å²) < 4.78 is 3.58. The summed E-state index contributed by atoms with van der Waals surface area (Å²) in [6, 6.07) is 0. The van der Waals surface area contributed by atoms with Gasteiger partial charge in [0.1, 0.15) is 5.00 Å². The lowest BCUT2D eigenvalue weighted by Crippen LogP contribution is -2.14. The average Bonchev–Trinajstić information content (AvgIpc) is 2.88. The van der Waals surface area contributed by atoms with Gasteiger partial charge in [0.05, 0.1) is 5.56 Å². The molecule has 0 atom stereocenters. The van der Waals surface area contributed by atoms with Gasteiger partial charge in [0.25, 0.3) is 5.91 Å². The highest BCUT2D eigenvalue weighted by atomic mass is 32.1. The highest BCUT2D eigenvalue weighted by Crippen LogP contribution is 2.32. The third-order valence-electron chi connectivity index (χ3n) is 2.42. The van der Waals surface area contributed by atoms with Gasteiger partial charge in [-0.25, -0.2) is 4.79 Å². The van der Waals surface area contributed by atoms with E-state index < -0.39 is 11.9 Å². The van der Waals surface area contributed by atoms with E-state index in [4.69, 9.17) is 5.11 Å². The van der Waals surface area contributed by atoms with Crippen LogP contribution in [0.4, 0.5) is 5.00 Å². The quantitative estimate of drug-likeness (QED) is 0.900. The van der Waals surface area contributed by atoms with Crippen LogP contribution in [-0.2, 0) is 0 Å². The molecule has 2 aromatic heterocycles. The van der Waals surface area contributed by atoms with Crippen molar-refractivity contribution in [2.45, 2.75) is 13.8 Å². The molecule has 2 rings (SSSR count). The Bertz CT molecular complexity index is 604. The molecule has 0 spiro atoms. The van der Waals surface area contributed by atoms with Gasteiger partial charge in [-0.2, -0.15) is 0 Å². The minimum atomic E-state index is -1.05. The number of nitrogens with zero attached hydrogens (tertiary/aromatic N) is 2. The predicted molar refractivity (Wildman–Crippen MR) is 68.6 cm³/mol. The van der Waals surface area contributed by atoms with Crippen molar-refractivity contribution in [1.29, 1.82) is 0 Å². The molecule has 0 aliphatic heterocycles. The number of hydrogen-bond donors (Lipinski definition) is 2. The number of carboxylic acid groups (broad SMARTS) is 1. The Kier molecular flexibility index (Phi) is 3.39. The molecule has 0 bridgehead atoms. The number of carbonyl (C=O) groups excluding carboxylic acids is 1. The molecule has 2 aromatic rings. The molecule has 8 heteroatoms. The first-order chi connectivity index (χ1) is 8.50. The third-order valence-corrected chi connectivity index (χ3v) is 4.05. The molecule has 0 aromatic carbocycles. The van der Waals surface area contributed by atoms with E-state index >= 15 is 0 Å². The molecular formula is C10H9N3O3S2. The Morgan fingerprint density at radius 1 is 1.39 bits per heavy atom. The summed E-state index contributed by atoms with van der Waals surface area (Å²) in [5.41, 5.74) is 0.980. The van der Waals surface area contributed by atoms with Crippen molar-refractivity contribution in [3.63, 3.8) is 0 Å². The first kappa shape index (κ1) is 12.7. The molecule has 0 aliphatic carbocycles. The molecule has 0 unspecified atom stereocenters. The number of carboxylic acids is 1. The van der Waals surface area contributed by atoms with E-state index in [1.54, 1.807) is 6.92 Å². The van der Waals surface area contributed by atoms with E-state index in [1.165, 1.54) is 16.7 Å². The van der Waals surface area contributed by atoms with Crippen LogP contribution in [0, 0.1) is 13.8 Å². The second-order valence-electron chi connectivity index (χ2n) is 3.54. The Balaban J connectivity index is 2.32. The topological polar surface area (TPSA) is 92.2 Å². The molecule has 0 saturated carbocycles. The summed E-state index contributed by atoms with van der Waals surface area (Å²) in [7, 11) is 0. The molecule has 0 radical (unpaired) electrons. The van der Waals surface area contributed by atoms with Crippen molar-refractivity contribution in [3.05, 3.63) is 27.1 Å². The van der Waals surface area contributed by atoms with Gasteiger partial charge in [0.15, 0.2) is 5.69 Å². The summed E-state index contributed by atoms with van der Waals surface area (Å²) in [5.74, 6) is -1.50. The zero-order valence-corrected chi connectivity index (χ0v) is 11.2. The number of amides is 1. The fraction of sp³-hybridized carbons (Fsp3) is 0.200. The Labute approximate surface area is 110 Å². The lowest BCUT2D eigenvalue weighted by atomic mass is 10.1. The number of hydrogen-bond acceptors (Lipinski definition) is 6. The second-order valence-corrected chi connectivity index (χ2v) is 5.37. The minimum absolute atomic E-state index is 0.133. The largest absolute Gasteiger partial charge is 0.478 e. The molecule has 2 heterocycles. The van der Waals surface area contributed by atoms with Gasteiger partial charge >= 0.3 is 5.97 Å². The smallest absolute Gasteiger partial charge is 0.338 e. The highest BCUT2D eigenvalue weighted by Gasteiger charge is 2.21. The van der Waals surface area contributed by atoms with Crippen molar-refractivity contribution < 1.29 is 14.7 Å². The van der Waals surface area contributed by atoms with Gasteiger partial charge in [-0.3, -0.25) is 4.79 Å². The summed E-state index contributed by atoms with van der Waals surface area (Å²) in [5, 5.41) is 17.2.